The highest BCUT2D eigenvalue weighted by atomic mass is 35.5. The van der Waals surface area contributed by atoms with Crippen LogP contribution in [0.15, 0.2) is 4.99 Å². The summed E-state index contributed by atoms with van der Waals surface area (Å²) in [6, 6.07) is 0.167. The zero-order valence-electron chi connectivity index (χ0n) is 15.0. The Morgan fingerprint density at radius 1 is 0.880 bits per heavy atom. The Morgan fingerprint density at radius 2 is 1.56 bits per heavy atom. The summed E-state index contributed by atoms with van der Waals surface area (Å²) in [6.07, 6.45) is 12.3. The quantitative estimate of drug-likeness (QED) is 0.687. The van der Waals surface area contributed by atoms with Gasteiger partial charge in [0.15, 0.2) is 0 Å². The minimum Gasteiger partial charge on any atom is -0.385 e. The number of hydrogen-bond acceptors (Lipinski definition) is 3. The van der Waals surface area contributed by atoms with Crippen molar-refractivity contribution in [1.82, 2.24) is 0 Å². The molecule has 1 aliphatic heterocycles. The average molecular weight is 387 g/mol. The van der Waals surface area contributed by atoms with E-state index >= 15 is 0 Å². The van der Waals surface area contributed by atoms with Crippen LogP contribution >= 0.6 is 23.2 Å². The molecule has 142 valence electrons. The smallest absolute Gasteiger partial charge is 0.129 e. The Morgan fingerprint density at radius 3 is 2.32 bits per heavy atom. The van der Waals surface area contributed by atoms with Crippen LogP contribution in [0.3, 0.4) is 0 Å². The Hall–Kier alpha value is 0.01000. The first-order valence-corrected chi connectivity index (χ1v) is 11.2. The number of nitrogens with zero attached hydrogens (tertiary/aromatic N) is 1. The van der Waals surface area contributed by atoms with Gasteiger partial charge in [0.2, 0.25) is 0 Å². The van der Waals surface area contributed by atoms with Gasteiger partial charge in [0, 0.05) is 16.7 Å². The zero-order chi connectivity index (χ0) is 17.6. The summed E-state index contributed by atoms with van der Waals surface area (Å²) in [7, 11) is 0. The van der Waals surface area contributed by atoms with Crippen molar-refractivity contribution < 1.29 is 5.11 Å². The van der Waals surface area contributed by atoms with Crippen LogP contribution in [0.4, 0.5) is 0 Å². The molecule has 0 bridgehead atoms. The predicted octanol–water partition coefficient (Wildman–Crippen LogP) is 4.47. The Balaban J connectivity index is 1.63. The van der Waals surface area contributed by atoms with E-state index in [0.717, 1.165) is 32.1 Å². The molecule has 8 atom stereocenters. The molecule has 0 aromatic rings. The standard InChI is InChI=1S/C20H32Cl2N2O/c21-12-9-10-18-16(11-12)20(25,19(23)24-18)15-7-3-1-5-13(15)14-6-2-4-8-17(14)22/h12-18,25H,1-11H2,(H2,23,24). The van der Waals surface area contributed by atoms with Gasteiger partial charge in [-0.25, -0.2) is 0 Å². The first-order valence-electron chi connectivity index (χ1n) is 10.4. The van der Waals surface area contributed by atoms with E-state index < -0.39 is 5.60 Å². The molecule has 3 nitrogen and oxygen atoms in total. The summed E-state index contributed by atoms with van der Waals surface area (Å²) in [5.74, 6) is 1.79. The highest BCUT2D eigenvalue weighted by Crippen LogP contribution is 2.53. The number of alkyl halides is 2. The predicted molar refractivity (Wildman–Crippen MR) is 104 cm³/mol. The first-order chi connectivity index (χ1) is 12.0. The molecule has 25 heavy (non-hydrogen) atoms. The summed E-state index contributed by atoms with van der Waals surface area (Å²) in [5, 5.41) is 12.3. The Bertz CT molecular complexity index is 528. The second-order valence-corrected chi connectivity index (χ2v) is 10.1. The first kappa shape index (κ1) is 18.4. The summed E-state index contributed by atoms with van der Waals surface area (Å²) in [4.78, 5) is 4.72. The van der Waals surface area contributed by atoms with Gasteiger partial charge >= 0.3 is 0 Å². The van der Waals surface area contributed by atoms with Gasteiger partial charge in [-0.15, -0.1) is 23.2 Å². The van der Waals surface area contributed by atoms with Crippen LogP contribution in [0.25, 0.3) is 0 Å². The summed E-state index contributed by atoms with van der Waals surface area (Å²) in [5.41, 5.74) is 5.44. The highest BCUT2D eigenvalue weighted by Gasteiger charge is 2.58. The molecule has 0 radical (unpaired) electrons. The van der Waals surface area contributed by atoms with Gasteiger partial charge in [-0.2, -0.15) is 0 Å². The van der Waals surface area contributed by atoms with Crippen LogP contribution in [0.1, 0.15) is 70.6 Å². The van der Waals surface area contributed by atoms with Crippen LogP contribution in [0.5, 0.6) is 0 Å². The molecule has 3 aliphatic carbocycles. The molecule has 0 aromatic heterocycles. The van der Waals surface area contributed by atoms with Crippen molar-refractivity contribution >= 4 is 29.0 Å². The number of halogens is 2. The van der Waals surface area contributed by atoms with E-state index in [1.165, 1.54) is 38.5 Å². The van der Waals surface area contributed by atoms with Crippen LogP contribution in [0, 0.1) is 23.7 Å². The molecule has 3 fully saturated rings. The molecular formula is C20H32Cl2N2O. The minimum absolute atomic E-state index is 0.103. The molecule has 3 saturated carbocycles. The van der Waals surface area contributed by atoms with Crippen LogP contribution in [0.2, 0.25) is 0 Å². The van der Waals surface area contributed by atoms with E-state index in [1.807, 2.05) is 0 Å². The van der Waals surface area contributed by atoms with Gasteiger partial charge in [0.25, 0.3) is 0 Å². The lowest BCUT2D eigenvalue weighted by atomic mass is 9.58. The number of amidine groups is 1. The van der Waals surface area contributed by atoms with Crippen molar-refractivity contribution in [2.24, 2.45) is 34.4 Å². The van der Waals surface area contributed by atoms with E-state index in [0.29, 0.717) is 17.7 Å². The summed E-state index contributed by atoms with van der Waals surface area (Å²) >= 11 is 13.2. The van der Waals surface area contributed by atoms with Crippen LogP contribution in [-0.4, -0.2) is 33.3 Å². The van der Waals surface area contributed by atoms with Crippen molar-refractivity contribution in [3.63, 3.8) is 0 Å². The number of nitrogens with two attached hydrogens (primary N) is 1. The fourth-order valence-corrected chi connectivity index (χ4v) is 7.27. The fraction of sp³-hybridized carbons (Fsp3) is 0.950. The summed E-state index contributed by atoms with van der Waals surface area (Å²) < 4.78 is 0. The minimum atomic E-state index is -0.961. The third-order valence-electron chi connectivity index (χ3n) is 7.70. The van der Waals surface area contributed by atoms with Crippen molar-refractivity contribution in [3.05, 3.63) is 0 Å². The third kappa shape index (κ3) is 3.12. The number of aliphatic hydroxyl groups is 1. The summed E-state index contributed by atoms with van der Waals surface area (Å²) in [6.45, 7) is 0. The maximum atomic E-state index is 11.9. The van der Waals surface area contributed by atoms with Crippen molar-refractivity contribution in [2.75, 3.05) is 0 Å². The second kappa shape index (κ2) is 7.20. The van der Waals surface area contributed by atoms with Crippen LogP contribution in [-0.2, 0) is 0 Å². The van der Waals surface area contributed by atoms with Crippen molar-refractivity contribution in [2.45, 2.75) is 93.0 Å². The lowest BCUT2D eigenvalue weighted by Gasteiger charge is -2.49. The average Bonchev–Trinajstić information content (AvgIpc) is 2.87. The maximum absolute atomic E-state index is 11.9. The molecule has 4 rings (SSSR count). The number of rotatable bonds is 2. The molecule has 5 heteroatoms. The van der Waals surface area contributed by atoms with E-state index in [9.17, 15) is 5.11 Å². The SMILES string of the molecule is NC1=NC2CCC(Cl)CC2C1(O)C1CCCCC1C1CCCCC1Cl. The number of fused-ring (bicyclic) bond motifs is 1. The second-order valence-electron chi connectivity index (χ2n) is 8.94. The normalized spacial score (nSPS) is 51.0. The van der Waals surface area contributed by atoms with E-state index in [4.69, 9.17) is 33.9 Å². The molecule has 0 amide bonds. The molecule has 0 spiro atoms. The molecule has 4 aliphatic rings. The van der Waals surface area contributed by atoms with Gasteiger partial charge in [0.05, 0.1) is 6.04 Å². The monoisotopic (exact) mass is 386 g/mol. The Kier molecular flexibility index (Phi) is 5.29. The maximum Gasteiger partial charge on any atom is 0.129 e. The zero-order valence-corrected chi connectivity index (χ0v) is 16.6. The highest BCUT2D eigenvalue weighted by molar-refractivity contribution is 6.21. The molecule has 0 aromatic carbocycles. The van der Waals surface area contributed by atoms with Gasteiger partial charge in [0.1, 0.15) is 11.4 Å². The lowest BCUT2D eigenvalue weighted by Crippen LogP contribution is -2.58. The molecule has 1 heterocycles. The van der Waals surface area contributed by atoms with Gasteiger partial charge in [-0.05, 0) is 62.7 Å². The molecule has 8 unspecified atom stereocenters. The van der Waals surface area contributed by atoms with Gasteiger partial charge in [-0.1, -0.05) is 25.7 Å². The Labute approximate surface area is 161 Å². The lowest BCUT2D eigenvalue weighted by molar-refractivity contribution is -0.0664. The van der Waals surface area contributed by atoms with Crippen LogP contribution < -0.4 is 5.73 Å². The van der Waals surface area contributed by atoms with Gasteiger partial charge in [-0.3, -0.25) is 4.99 Å². The molecular weight excluding hydrogens is 355 g/mol. The van der Waals surface area contributed by atoms with Gasteiger partial charge < -0.3 is 10.8 Å². The fourth-order valence-electron chi connectivity index (χ4n) is 6.48. The van der Waals surface area contributed by atoms with Crippen molar-refractivity contribution in [1.29, 1.82) is 0 Å². The van der Waals surface area contributed by atoms with E-state index in [1.54, 1.807) is 0 Å². The number of aliphatic imine (C=N–C) groups is 1. The van der Waals surface area contributed by atoms with E-state index in [2.05, 4.69) is 0 Å². The van der Waals surface area contributed by atoms with E-state index in [-0.39, 0.29) is 28.6 Å². The molecule has 0 saturated heterocycles. The molecule has 3 N–H and O–H groups in total. The third-order valence-corrected chi connectivity index (χ3v) is 8.64. The topological polar surface area (TPSA) is 58.6 Å². The van der Waals surface area contributed by atoms with Crippen molar-refractivity contribution in [3.8, 4) is 0 Å². The largest absolute Gasteiger partial charge is 0.385 e. The number of hydrogen-bond donors (Lipinski definition) is 2.